The second kappa shape index (κ2) is 14.5. The lowest BCUT2D eigenvalue weighted by molar-refractivity contribution is -0.144. The number of carbonyl (C=O) groups excluding carboxylic acids is 3. The SMILES string of the molecule is CC(C)(C)OC(=O)N[C@H](CF)[C@H]1CC[C@H](C(=O)N2CC[C@H](OCc3ccccc3)[C@H]2C(=O)Nc2ccc3oc(C(=O)O)cc3c2)CC1. The highest BCUT2D eigenvalue weighted by atomic mass is 19.1. The molecule has 0 unspecified atom stereocenters. The number of ether oxygens (including phenoxy) is 2. The fourth-order valence-corrected chi connectivity index (χ4v) is 6.46. The van der Waals surface area contributed by atoms with Gasteiger partial charge in [0.05, 0.1) is 18.8 Å². The van der Waals surface area contributed by atoms with Crippen LogP contribution in [0.15, 0.2) is 59.0 Å². The number of carboxylic acids is 1. The standard InChI is InChI=1S/C35H42FN3O8/c1-35(2,3)47-34(44)38-26(19-36)22-9-11-23(12-10-22)32(41)39-16-15-28(45-20-21-7-5-4-6-8-21)30(39)31(40)37-25-13-14-27-24(17-25)18-29(46-27)33(42)43/h4-8,13-14,17-18,22-23,26,28,30H,9-12,15-16,19-20H2,1-3H3,(H,37,40)(H,38,44)(H,42,43)/t22-,23-,26-,28+,30+/m1/s1. The highest BCUT2D eigenvalue weighted by Crippen LogP contribution is 2.35. The van der Waals surface area contributed by atoms with Crippen molar-refractivity contribution in [2.75, 3.05) is 18.5 Å². The Morgan fingerprint density at radius 2 is 1.74 bits per heavy atom. The van der Waals surface area contributed by atoms with E-state index in [1.54, 1.807) is 43.9 Å². The summed E-state index contributed by atoms with van der Waals surface area (Å²) in [4.78, 5) is 53.1. The number of aromatic carboxylic acids is 1. The molecule has 2 aliphatic rings. The molecule has 2 aromatic carbocycles. The van der Waals surface area contributed by atoms with Gasteiger partial charge in [0.25, 0.3) is 0 Å². The number of amides is 3. The molecule has 252 valence electrons. The molecule has 3 atom stereocenters. The van der Waals surface area contributed by atoms with E-state index >= 15 is 0 Å². The third kappa shape index (κ3) is 8.48. The summed E-state index contributed by atoms with van der Waals surface area (Å²) in [6, 6.07) is 14.2. The van der Waals surface area contributed by atoms with Gasteiger partial charge in [0.15, 0.2) is 0 Å². The Kier molecular flexibility index (Phi) is 10.5. The minimum Gasteiger partial charge on any atom is -0.475 e. The predicted molar refractivity (Wildman–Crippen MR) is 172 cm³/mol. The van der Waals surface area contributed by atoms with E-state index in [9.17, 15) is 28.7 Å². The van der Waals surface area contributed by atoms with Crippen molar-refractivity contribution in [3.05, 3.63) is 65.9 Å². The van der Waals surface area contributed by atoms with Crippen molar-refractivity contribution >= 4 is 40.5 Å². The van der Waals surface area contributed by atoms with E-state index in [1.165, 1.54) is 6.07 Å². The average Bonchev–Trinajstić information content (AvgIpc) is 3.67. The molecule has 12 heteroatoms. The number of furan rings is 1. The number of rotatable bonds is 10. The summed E-state index contributed by atoms with van der Waals surface area (Å²) in [5.74, 6) is -2.47. The summed E-state index contributed by atoms with van der Waals surface area (Å²) >= 11 is 0. The number of alkyl halides is 1. The topological polar surface area (TPSA) is 147 Å². The molecule has 0 radical (unpaired) electrons. The molecule has 1 saturated carbocycles. The molecule has 2 fully saturated rings. The van der Waals surface area contributed by atoms with Gasteiger partial charge in [0.2, 0.25) is 17.6 Å². The Labute approximate surface area is 272 Å². The Balaban J connectivity index is 1.27. The Hall–Kier alpha value is -4.45. The smallest absolute Gasteiger partial charge is 0.407 e. The van der Waals surface area contributed by atoms with Gasteiger partial charge in [-0.15, -0.1) is 0 Å². The summed E-state index contributed by atoms with van der Waals surface area (Å²) in [6.07, 6.45) is 1.34. The molecule has 1 aliphatic carbocycles. The molecule has 47 heavy (non-hydrogen) atoms. The van der Waals surface area contributed by atoms with Crippen LogP contribution in [0.25, 0.3) is 11.0 Å². The second-order valence-corrected chi connectivity index (χ2v) is 13.3. The van der Waals surface area contributed by atoms with Crippen molar-refractivity contribution in [1.29, 1.82) is 0 Å². The van der Waals surface area contributed by atoms with Crippen LogP contribution in [0, 0.1) is 11.8 Å². The fourth-order valence-electron chi connectivity index (χ4n) is 6.46. The van der Waals surface area contributed by atoms with E-state index in [0.717, 1.165) is 5.56 Å². The zero-order valence-electron chi connectivity index (χ0n) is 26.9. The van der Waals surface area contributed by atoms with Crippen molar-refractivity contribution < 1.29 is 42.6 Å². The number of hydrogen-bond acceptors (Lipinski definition) is 7. The Morgan fingerprint density at radius 3 is 2.40 bits per heavy atom. The molecule has 3 aromatic rings. The highest BCUT2D eigenvalue weighted by Gasteiger charge is 2.45. The third-order valence-electron chi connectivity index (χ3n) is 8.75. The predicted octanol–water partition coefficient (Wildman–Crippen LogP) is 5.93. The highest BCUT2D eigenvalue weighted by molar-refractivity contribution is 6.00. The van der Waals surface area contributed by atoms with E-state index in [-0.39, 0.29) is 30.1 Å². The Bertz CT molecular complexity index is 1580. The normalized spacial score (nSPS) is 22.1. The lowest BCUT2D eigenvalue weighted by Gasteiger charge is -2.35. The molecular weight excluding hydrogens is 609 g/mol. The zero-order valence-corrected chi connectivity index (χ0v) is 26.9. The summed E-state index contributed by atoms with van der Waals surface area (Å²) in [5, 5.41) is 15.3. The van der Waals surface area contributed by atoms with Gasteiger partial charge < -0.3 is 34.5 Å². The van der Waals surface area contributed by atoms with Gasteiger partial charge in [0.1, 0.15) is 23.9 Å². The van der Waals surface area contributed by atoms with Crippen LogP contribution in [0.4, 0.5) is 14.9 Å². The quantitative estimate of drug-likeness (QED) is 0.245. The van der Waals surface area contributed by atoms with E-state index in [4.69, 9.17) is 13.9 Å². The van der Waals surface area contributed by atoms with Crippen LogP contribution in [0.5, 0.6) is 0 Å². The maximum atomic E-state index is 14.0. The summed E-state index contributed by atoms with van der Waals surface area (Å²) in [7, 11) is 0. The molecule has 1 saturated heterocycles. The van der Waals surface area contributed by atoms with Crippen molar-refractivity contribution in [3.63, 3.8) is 0 Å². The number of carbonyl (C=O) groups is 4. The summed E-state index contributed by atoms with van der Waals surface area (Å²) in [5.41, 5.74) is 1.04. The van der Waals surface area contributed by atoms with Crippen LogP contribution in [-0.4, -0.2) is 70.9 Å². The molecular formula is C35H42FN3O8. The van der Waals surface area contributed by atoms with Crippen molar-refractivity contribution in [2.45, 2.75) is 83.3 Å². The van der Waals surface area contributed by atoms with E-state index < -0.39 is 48.4 Å². The van der Waals surface area contributed by atoms with Crippen molar-refractivity contribution in [3.8, 4) is 0 Å². The first-order valence-corrected chi connectivity index (χ1v) is 16.0. The average molecular weight is 652 g/mol. The number of benzene rings is 2. The number of nitrogens with zero attached hydrogens (tertiary/aromatic N) is 1. The number of likely N-dealkylation sites (tertiary alicyclic amines) is 1. The maximum Gasteiger partial charge on any atom is 0.407 e. The van der Waals surface area contributed by atoms with Gasteiger partial charge in [-0.25, -0.2) is 14.0 Å². The lowest BCUT2D eigenvalue weighted by Crippen LogP contribution is -2.51. The molecule has 0 bridgehead atoms. The second-order valence-electron chi connectivity index (χ2n) is 13.3. The number of halogens is 1. The van der Waals surface area contributed by atoms with Gasteiger partial charge in [-0.2, -0.15) is 0 Å². The fraction of sp³-hybridized carbons (Fsp3) is 0.486. The minimum atomic E-state index is -1.20. The first kappa shape index (κ1) is 33.9. The van der Waals surface area contributed by atoms with Crippen molar-refractivity contribution in [1.82, 2.24) is 10.2 Å². The summed E-state index contributed by atoms with van der Waals surface area (Å²) in [6.45, 7) is 5.10. The molecule has 11 nitrogen and oxygen atoms in total. The zero-order chi connectivity index (χ0) is 33.7. The monoisotopic (exact) mass is 651 g/mol. The Morgan fingerprint density at radius 1 is 1.02 bits per heavy atom. The van der Waals surface area contributed by atoms with Gasteiger partial charge >= 0.3 is 12.1 Å². The number of hydrogen-bond donors (Lipinski definition) is 3. The van der Waals surface area contributed by atoms with Crippen LogP contribution in [0.1, 0.15) is 69.0 Å². The number of anilines is 1. The van der Waals surface area contributed by atoms with Crippen LogP contribution in [-0.2, 0) is 25.7 Å². The molecule has 1 aromatic heterocycles. The van der Waals surface area contributed by atoms with E-state index in [2.05, 4.69) is 10.6 Å². The molecule has 0 spiro atoms. The van der Waals surface area contributed by atoms with Gasteiger partial charge in [-0.05, 0) is 88.6 Å². The number of fused-ring (bicyclic) bond motifs is 1. The third-order valence-corrected chi connectivity index (χ3v) is 8.75. The van der Waals surface area contributed by atoms with Gasteiger partial charge in [-0.1, -0.05) is 30.3 Å². The largest absolute Gasteiger partial charge is 0.475 e. The number of nitrogens with one attached hydrogen (secondary N) is 2. The van der Waals surface area contributed by atoms with Crippen LogP contribution in [0.3, 0.4) is 0 Å². The minimum absolute atomic E-state index is 0.143. The summed E-state index contributed by atoms with van der Waals surface area (Å²) < 4.78 is 30.8. The molecule has 1 aliphatic heterocycles. The van der Waals surface area contributed by atoms with Gasteiger partial charge in [-0.3, -0.25) is 9.59 Å². The van der Waals surface area contributed by atoms with E-state index in [0.29, 0.717) is 55.3 Å². The first-order valence-electron chi connectivity index (χ1n) is 16.0. The maximum absolute atomic E-state index is 14.0. The van der Waals surface area contributed by atoms with Crippen LogP contribution >= 0.6 is 0 Å². The first-order chi connectivity index (χ1) is 22.4. The number of alkyl carbamates (subject to hydrolysis) is 1. The number of carboxylic acid groups (broad SMARTS) is 1. The van der Waals surface area contributed by atoms with Crippen LogP contribution < -0.4 is 10.6 Å². The lowest BCUT2D eigenvalue weighted by atomic mass is 9.78. The van der Waals surface area contributed by atoms with E-state index in [1.807, 2.05) is 30.3 Å². The molecule has 3 amide bonds. The molecule has 5 rings (SSSR count). The molecule has 2 heterocycles. The van der Waals surface area contributed by atoms with Gasteiger partial charge in [0, 0.05) is 23.5 Å². The molecule has 3 N–H and O–H groups in total. The van der Waals surface area contributed by atoms with Crippen LogP contribution in [0.2, 0.25) is 0 Å². The van der Waals surface area contributed by atoms with Crippen molar-refractivity contribution in [2.24, 2.45) is 11.8 Å².